The van der Waals surface area contributed by atoms with Crippen molar-refractivity contribution in [1.82, 2.24) is 9.80 Å². The minimum Gasteiger partial charge on any atom is -0.481 e. The highest BCUT2D eigenvalue weighted by Gasteiger charge is 2.61. The largest absolute Gasteiger partial charge is 0.481 e. The first-order chi connectivity index (χ1) is 13.7. The number of amides is 4. The Kier molecular flexibility index (Phi) is 7.73. The molecule has 0 aliphatic carbocycles. The topological polar surface area (TPSA) is 244 Å². The van der Waals surface area contributed by atoms with Crippen LogP contribution in [0.25, 0.3) is 0 Å². The van der Waals surface area contributed by atoms with Gasteiger partial charge in [-0.1, -0.05) is 0 Å². The van der Waals surface area contributed by atoms with Gasteiger partial charge in [-0.15, -0.1) is 0 Å². The van der Waals surface area contributed by atoms with Crippen molar-refractivity contribution in [3.8, 4) is 0 Å². The van der Waals surface area contributed by atoms with Gasteiger partial charge in [-0.2, -0.15) is 8.42 Å². The second-order valence-corrected chi connectivity index (χ2v) is 7.66. The first-order valence-electron chi connectivity index (χ1n) is 8.12. The molecule has 15 nitrogen and oxygen atoms in total. The van der Waals surface area contributed by atoms with Crippen LogP contribution in [0.1, 0.15) is 32.1 Å². The van der Waals surface area contributed by atoms with E-state index in [1.165, 1.54) is 0 Å². The lowest BCUT2D eigenvalue weighted by molar-refractivity contribution is -0.185. The summed E-state index contributed by atoms with van der Waals surface area (Å²) in [7, 11) is -4.45. The smallest absolute Gasteiger partial charge is 0.352 e. The summed E-state index contributed by atoms with van der Waals surface area (Å²) in [6, 6.07) is 0. The molecule has 16 heteroatoms. The fourth-order valence-electron chi connectivity index (χ4n) is 2.81. The molecule has 2 saturated heterocycles. The fraction of sp³-hybridized carbons (Fsp3) is 0.571. The van der Waals surface area contributed by atoms with Crippen LogP contribution in [0.2, 0.25) is 0 Å². The van der Waals surface area contributed by atoms with E-state index < -0.39 is 69.8 Å². The summed E-state index contributed by atoms with van der Waals surface area (Å²) in [5, 5.41) is 34.5. The van der Waals surface area contributed by atoms with Crippen LogP contribution < -0.4 is 0 Å². The molecule has 1 atom stereocenters. The van der Waals surface area contributed by atoms with Crippen LogP contribution in [0.3, 0.4) is 0 Å². The first-order valence-corrected chi connectivity index (χ1v) is 9.62. The van der Waals surface area contributed by atoms with E-state index in [1.807, 2.05) is 0 Å². The van der Waals surface area contributed by atoms with Crippen molar-refractivity contribution in [1.29, 1.82) is 0 Å². The van der Waals surface area contributed by atoms with Gasteiger partial charge in [0.2, 0.25) is 34.7 Å². The Morgan fingerprint density at radius 3 is 1.40 bits per heavy atom. The summed E-state index contributed by atoms with van der Waals surface area (Å²) in [6.45, 7) is -0.987. The molecular formula is C14H18N2O13S. The van der Waals surface area contributed by atoms with Gasteiger partial charge < -0.3 is 20.4 Å². The van der Waals surface area contributed by atoms with Gasteiger partial charge in [0.15, 0.2) is 0 Å². The van der Waals surface area contributed by atoms with Crippen molar-refractivity contribution >= 4 is 45.7 Å². The average Bonchev–Trinajstić information content (AvgIpc) is 3.13. The van der Waals surface area contributed by atoms with Crippen LogP contribution in [0.15, 0.2) is 0 Å². The molecule has 0 saturated carbocycles. The molecule has 0 spiro atoms. The Morgan fingerprint density at radius 1 is 0.900 bits per heavy atom. The highest BCUT2D eigenvalue weighted by Crippen LogP contribution is 2.34. The van der Waals surface area contributed by atoms with Gasteiger partial charge in [0.1, 0.15) is 0 Å². The Balaban J connectivity index is 0.000000479. The van der Waals surface area contributed by atoms with E-state index >= 15 is 0 Å². The lowest BCUT2D eigenvalue weighted by atomic mass is 10.0. The molecule has 0 aromatic heterocycles. The molecule has 0 aromatic carbocycles. The highest BCUT2D eigenvalue weighted by molar-refractivity contribution is 7.86. The fourth-order valence-corrected chi connectivity index (χ4v) is 3.00. The predicted octanol–water partition coefficient (Wildman–Crippen LogP) is -3.28. The van der Waals surface area contributed by atoms with E-state index in [9.17, 15) is 42.3 Å². The summed E-state index contributed by atoms with van der Waals surface area (Å²) >= 11 is 0. The summed E-state index contributed by atoms with van der Waals surface area (Å²) < 4.78 is 27.3. The molecule has 30 heavy (non-hydrogen) atoms. The molecule has 168 valence electrons. The number of aliphatic carboxylic acids is 2. The molecule has 4 amide bonds. The minimum absolute atomic E-state index is 0.227. The van der Waals surface area contributed by atoms with Gasteiger partial charge in [-0.3, -0.25) is 28.5 Å². The number of aliphatic hydroxyl groups excluding tert-OH is 2. The molecule has 5 N–H and O–H groups in total. The van der Waals surface area contributed by atoms with Gasteiger partial charge in [0.25, 0.3) is 10.1 Å². The Bertz CT molecular complexity index is 812. The molecule has 0 radical (unpaired) electrons. The van der Waals surface area contributed by atoms with E-state index in [0.717, 1.165) is 0 Å². The monoisotopic (exact) mass is 454 g/mol. The molecule has 0 bridgehead atoms. The molecule has 2 rings (SSSR count). The van der Waals surface area contributed by atoms with E-state index in [1.54, 1.807) is 0 Å². The lowest BCUT2D eigenvalue weighted by Gasteiger charge is -2.40. The maximum Gasteiger partial charge on any atom is 0.352 e. The van der Waals surface area contributed by atoms with Gasteiger partial charge in [-0.05, 0) is 0 Å². The predicted molar refractivity (Wildman–Crippen MR) is 89.4 cm³/mol. The maximum atomic E-state index is 11.9. The minimum atomic E-state index is -4.45. The van der Waals surface area contributed by atoms with Crippen LogP contribution in [0, 0.1) is 0 Å². The van der Waals surface area contributed by atoms with Crippen molar-refractivity contribution in [2.24, 2.45) is 0 Å². The first kappa shape index (κ1) is 25.1. The zero-order valence-electron chi connectivity index (χ0n) is 15.1. The van der Waals surface area contributed by atoms with Crippen molar-refractivity contribution in [3.63, 3.8) is 0 Å². The number of aliphatic hydroxyl groups is 2. The second kappa shape index (κ2) is 9.24. The number of nitrogens with zero attached hydrogens (tertiary/aromatic N) is 2. The number of imide groups is 2. The molecule has 1 unspecified atom stereocenters. The number of carboxylic acid groups (broad SMARTS) is 2. The van der Waals surface area contributed by atoms with Gasteiger partial charge >= 0.3 is 11.9 Å². The number of rotatable bonds is 7. The van der Waals surface area contributed by atoms with Crippen LogP contribution in [0.4, 0.5) is 0 Å². The number of hydrogen-bond donors (Lipinski definition) is 5. The summed E-state index contributed by atoms with van der Waals surface area (Å²) in [6.07, 6.45) is -2.47. The van der Waals surface area contributed by atoms with Gasteiger partial charge in [-0.25, -0.2) is 14.6 Å². The van der Waals surface area contributed by atoms with Crippen molar-refractivity contribution in [3.05, 3.63) is 0 Å². The van der Waals surface area contributed by atoms with Crippen LogP contribution >= 0.6 is 0 Å². The zero-order chi connectivity index (χ0) is 23.4. The van der Waals surface area contributed by atoms with Crippen molar-refractivity contribution in [2.45, 2.75) is 43.2 Å². The Morgan fingerprint density at radius 2 is 1.23 bits per heavy atom. The van der Waals surface area contributed by atoms with Crippen LogP contribution in [-0.2, 0) is 38.9 Å². The molecule has 2 fully saturated rings. The van der Waals surface area contributed by atoms with Gasteiger partial charge in [0.05, 0.1) is 13.0 Å². The Hall–Kier alpha value is -2.95. The van der Waals surface area contributed by atoms with E-state index in [0.29, 0.717) is 0 Å². The number of likely N-dealkylation sites (tertiary alicyclic amines) is 2. The number of hydrogen-bond acceptors (Lipinski definition) is 10. The number of carbonyl (C=O) groups excluding carboxylic acids is 4. The standard InChI is InChI=1S/C12H12N2O8.C2H6O5S/c15-6-1-2-7(16)13(6)12(11(21)22,5-10(19)20)14-8(17)3-4-9(14)18;3-1-2(4)8(5,6)7/h1-5H2,(H,19,20)(H,21,22);2-4H,1H2,(H,5,6,7). The molecule has 2 aliphatic heterocycles. The summed E-state index contributed by atoms with van der Waals surface area (Å²) in [5.74, 6) is -7.30. The Labute approximate surface area is 168 Å². The van der Waals surface area contributed by atoms with Gasteiger partial charge in [0, 0.05) is 25.7 Å². The summed E-state index contributed by atoms with van der Waals surface area (Å²) in [4.78, 5) is 70.9. The number of carbonyl (C=O) groups is 6. The quantitative estimate of drug-likeness (QED) is 0.187. The zero-order valence-corrected chi connectivity index (χ0v) is 15.9. The lowest BCUT2D eigenvalue weighted by Crippen LogP contribution is -2.69. The highest BCUT2D eigenvalue weighted by atomic mass is 32.2. The maximum absolute atomic E-state index is 11.9. The second-order valence-electron chi connectivity index (χ2n) is 6.09. The third kappa shape index (κ3) is 4.96. The summed E-state index contributed by atoms with van der Waals surface area (Å²) in [5.41, 5.74) is -4.91. The molecule has 2 heterocycles. The van der Waals surface area contributed by atoms with E-state index in [-0.39, 0.29) is 35.5 Å². The van der Waals surface area contributed by atoms with E-state index in [2.05, 4.69) is 0 Å². The van der Waals surface area contributed by atoms with Crippen LogP contribution in [-0.4, -0.2) is 96.5 Å². The van der Waals surface area contributed by atoms with Crippen molar-refractivity contribution < 1.29 is 62.2 Å². The molecular weight excluding hydrogens is 436 g/mol. The number of carboxylic acids is 2. The normalized spacial score (nSPS) is 18.4. The van der Waals surface area contributed by atoms with E-state index in [4.69, 9.17) is 19.9 Å². The third-order valence-corrected chi connectivity index (χ3v) is 4.92. The third-order valence-electron chi connectivity index (χ3n) is 4.08. The van der Waals surface area contributed by atoms with Crippen molar-refractivity contribution in [2.75, 3.05) is 6.61 Å². The van der Waals surface area contributed by atoms with Crippen LogP contribution in [0.5, 0.6) is 0 Å². The SMILES string of the molecule is O=C(O)CC(C(=O)O)(N1C(=O)CCC1=O)N1C(=O)CCC1=O.O=S(=O)(O)C(O)CO. The molecule has 2 aliphatic rings. The average molecular weight is 454 g/mol. The molecule has 0 aromatic rings.